The van der Waals surface area contributed by atoms with Gasteiger partial charge in [0.05, 0.1) is 29.3 Å². The molecule has 0 atom stereocenters. The van der Waals surface area contributed by atoms with Gasteiger partial charge in [0.1, 0.15) is 11.5 Å². The summed E-state index contributed by atoms with van der Waals surface area (Å²) in [6.45, 7) is 2.16. The third-order valence-corrected chi connectivity index (χ3v) is 8.58. The van der Waals surface area contributed by atoms with Gasteiger partial charge >= 0.3 is 0 Å². The highest BCUT2D eigenvalue weighted by Crippen LogP contribution is 2.30. The van der Waals surface area contributed by atoms with Crippen LogP contribution in [-0.2, 0) is 14.8 Å². The van der Waals surface area contributed by atoms with Crippen molar-refractivity contribution >= 4 is 50.5 Å². The fourth-order valence-electron chi connectivity index (χ4n) is 4.15. The van der Waals surface area contributed by atoms with Crippen molar-refractivity contribution in [1.29, 1.82) is 0 Å². The average molecular weight is 579 g/mol. The van der Waals surface area contributed by atoms with Crippen molar-refractivity contribution in [2.24, 2.45) is 0 Å². The Bertz CT molecular complexity index is 1360. The molecule has 11 heteroatoms. The molecule has 1 aliphatic heterocycles. The Morgan fingerprint density at radius 1 is 0.947 bits per heavy atom. The van der Waals surface area contributed by atoms with Crippen LogP contribution in [0.5, 0.6) is 11.5 Å². The summed E-state index contributed by atoms with van der Waals surface area (Å²) in [5.74, 6) is 1.08. The van der Waals surface area contributed by atoms with E-state index in [-0.39, 0.29) is 17.2 Å². The van der Waals surface area contributed by atoms with Crippen LogP contribution in [0.15, 0.2) is 71.6 Å². The first kappa shape index (κ1) is 28.0. The van der Waals surface area contributed by atoms with Crippen molar-refractivity contribution in [3.05, 3.63) is 76.8 Å². The zero-order valence-electron chi connectivity index (χ0n) is 20.9. The number of hydrogen-bond donors (Lipinski definition) is 1. The molecule has 38 heavy (non-hydrogen) atoms. The number of ether oxygens (including phenoxy) is 2. The van der Waals surface area contributed by atoms with Crippen LogP contribution in [0.1, 0.15) is 12.8 Å². The van der Waals surface area contributed by atoms with Crippen LogP contribution >= 0.6 is 23.2 Å². The number of nitrogens with one attached hydrogen (secondary N) is 1. The van der Waals surface area contributed by atoms with E-state index in [1.165, 1.54) is 16.4 Å². The fraction of sp³-hybridized carbons (Fsp3) is 0.296. The van der Waals surface area contributed by atoms with Gasteiger partial charge in [-0.15, -0.1) is 0 Å². The molecule has 0 aliphatic carbocycles. The third kappa shape index (κ3) is 6.91. The lowest BCUT2D eigenvalue weighted by Crippen LogP contribution is -2.48. The van der Waals surface area contributed by atoms with E-state index in [4.69, 9.17) is 32.7 Å². The number of sulfonamides is 1. The molecular formula is C27H29Cl2N3O5S. The normalized spacial score (nSPS) is 14.2. The number of carbonyl (C=O) groups is 1. The van der Waals surface area contributed by atoms with Crippen LogP contribution in [0.2, 0.25) is 10.0 Å². The summed E-state index contributed by atoms with van der Waals surface area (Å²) in [4.78, 5) is 14.6. The van der Waals surface area contributed by atoms with E-state index in [9.17, 15) is 13.2 Å². The van der Waals surface area contributed by atoms with E-state index >= 15 is 0 Å². The topological polar surface area (TPSA) is 88.2 Å². The number of para-hydroxylation sites is 2. The van der Waals surface area contributed by atoms with Gasteiger partial charge in [0, 0.05) is 43.3 Å². The first-order chi connectivity index (χ1) is 18.3. The van der Waals surface area contributed by atoms with Gasteiger partial charge in [-0.05, 0) is 61.0 Å². The van der Waals surface area contributed by atoms with E-state index in [2.05, 4.69) is 10.2 Å². The van der Waals surface area contributed by atoms with Crippen molar-refractivity contribution in [1.82, 2.24) is 4.31 Å². The van der Waals surface area contributed by atoms with Crippen LogP contribution in [-0.4, -0.2) is 58.5 Å². The van der Waals surface area contributed by atoms with Crippen molar-refractivity contribution in [2.45, 2.75) is 17.7 Å². The Morgan fingerprint density at radius 2 is 1.66 bits per heavy atom. The van der Waals surface area contributed by atoms with Crippen molar-refractivity contribution in [3.8, 4) is 11.5 Å². The lowest BCUT2D eigenvalue weighted by atomic mass is 10.2. The highest BCUT2D eigenvalue weighted by molar-refractivity contribution is 7.89. The molecule has 0 radical (unpaired) electrons. The summed E-state index contributed by atoms with van der Waals surface area (Å²) in [6, 6.07) is 18.9. The van der Waals surface area contributed by atoms with Crippen LogP contribution in [0.25, 0.3) is 0 Å². The van der Waals surface area contributed by atoms with Gasteiger partial charge in [-0.1, -0.05) is 35.3 Å². The van der Waals surface area contributed by atoms with Crippen molar-refractivity contribution in [2.75, 3.05) is 50.1 Å². The van der Waals surface area contributed by atoms with E-state index in [0.29, 0.717) is 60.7 Å². The smallest absolute Gasteiger partial charge is 0.243 e. The molecule has 3 aromatic carbocycles. The highest BCUT2D eigenvalue weighted by atomic mass is 35.5. The predicted molar refractivity (Wildman–Crippen MR) is 150 cm³/mol. The van der Waals surface area contributed by atoms with E-state index in [1.54, 1.807) is 37.4 Å². The molecule has 202 valence electrons. The number of amides is 1. The fourth-order valence-corrected chi connectivity index (χ4v) is 6.04. The van der Waals surface area contributed by atoms with Crippen molar-refractivity contribution < 1.29 is 22.7 Å². The second-order valence-corrected chi connectivity index (χ2v) is 11.4. The average Bonchev–Trinajstić information content (AvgIpc) is 2.92. The first-order valence-corrected chi connectivity index (χ1v) is 14.3. The number of anilines is 2. The molecule has 1 aliphatic rings. The number of rotatable bonds is 10. The van der Waals surface area contributed by atoms with E-state index in [1.807, 2.05) is 24.3 Å². The van der Waals surface area contributed by atoms with Gasteiger partial charge in [-0.3, -0.25) is 4.79 Å². The van der Waals surface area contributed by atoms with Crippen molar-refractivity contribution in [3.63, 3.8) is 0 Å². The summed E-state index contributed by atoms with van der Waals surface area (Å²) in [5, 5.41) is 3.72. The number of hydrogen-bond acceptors (Lipinski definition) is 6. The molecule has 1 heterocycles. The first-order valence-electron chi connectivity index (χ1n) is 12.1. The monoisotopic (exact) mass is 577 g/mol. The quantitative estimate of drug-likeness (QED) is 0.328. The standard InChI is InChI=1S/C27H29Cl2N3O5S/c1-36-26-6-3-2-5-24(26)31-14-16-32(17-15-31)38(34,35)22-11-9-21(10-12-22)30-27(33)7-4-18-37-25-13-8-20(28)19-23(25)29/h2-3,5-6,8-13,19H,4,7,14-18H2,1H3,(H,30,33). The van der Waals surface area contributed by atoms with Gasteiger partial charge < -0.3 is 19.7 Å². The number of nitrogens with zero attached hydrogens (tertiary/aromatic N) is 2. The molecule has 1 fully saturated rings. The van der Waals surface area contributed by atoms with Gasteiger partial charge in [-0.25, -0.2) is 8.42 Å². The number of benzene rings is 3. The molecule has 1 N–H and O–H groups in total. The van der Waals surface area contributed by atoms with E-state index < -0.39 is 10.0 Å². The molecule has 0 aromatic heterocycles. The minimum atomic E-state index is -3.65. The van der Waals surface area contributed by atoms with Gasteiger partial charge in [0.15, 0.2) is 0 Å². The Labute approximate surface area is 233 Å². The Hall–Kier alpha value is -2.98. The lowest BCUT2D eigenvalue weighted by molar-refractivity contribution is -0.116. The molecule has 0 bridgehead atoms. The number of methoxy groups -OCH3 is 1. The second-order valence-electron chi connectivity index (χ2n) is 8.66. The Kier molecular flexibility index (Phi) is 9.38. The summed E-state index contributed by atoms with van der Waals surface area (Å²) in [6.07, 6.45) is 0.722. The predicted octanol–water partition coefficient (Wildman–Crippen LogP) is 5.31. The van der Waals surface area contributed by atoms with Gasteiger partial charge in [0.25, 0.3) is 0 Å². The molecule has 0 saturated carbocycles. The zero-order chi connectivity index (χ0) is 27.1. The minimum absolute atomic E-state index is 0.189. The largest absolute Gasteiger partial charge is 0.495 e. The van der Waals surface area contributed by atoms with Gasteiger partial charge in [-0.2, -0.15) is 4.31 Å². The minimum Gasteiger partial charge on any atom is -0.495 e. The molecule has 4 rings (SSSR count). The molecule has 0 unspecified atom stereocenters. The van der Waals surface area contributed by atoms with Crippen LogP contribution in [0.4, 0.5) is 11.4 Å². The maximum Gasteiger partial charge on any atom is 0.243 e. The number of carbonyl (C=O) groups excluding carboxylic acids is 1. The van der Waals surface area contributed by atoms with Gasteiger partial charge in [0.2, 0.25) is 15.9 Å². The van der Waals surface area contributed by atoms with Crippen LogP contribution < -0.4 is 19.7 Å². The number of halogens is 2. The molecular weight excluding hydrogens is 549 g/mol. The summed E-state index contributed by atoms with van der Waals surface area (Å²) < 4.78 is 38.9. The summed E-state index contributed by atoms with van der Waals surface area (Å²) in [7, 11) is -2.03. The summed E-state index contributed by atoms with van der Waals surface area (Å²) >= 11 is 11.9. The molecule has 3 aromatic rings. The lowest BCUT2D eigenvalue weighted by Gasteiger charge is -2.35. The Morgan fingerprint density at radius 3 is 2.34 bits per heavy atom. The molecule has 8 nitrogen and oxygen atoms in total. The Balaban J connectivity index is 1.25. The second kappa shape index (κ2) is 12.7. The zero-order valence-corrected chi connectivity index (χ0v) is 23.2. The van der Waals surface area contributed by atoms with Crippen LogP contribution in [0, 0.1) is 0 Å². The third-order valence-electron chi connectivity index (χ3n) is 6.14. The maximum absolute atomic E-state index is 13.2. The number of piperazine rings is 1. The molecule has 1 saturated heterocycles. The van der Waals surface area contributed by atoms with Crippen LogP contribution in [0.3, 0.4) is 0 Å². The molecule has 0 spiro atoms. The molecule has 1 amide bonds. The highest BCUT2D eigenvalue weighted by Gasteiger charge is 2.29. The maximum atomic E-state index is 13.2. The SMILES string of the molecule is COc1ccccc1N1CCN(S(=O)(=O)c2ccc(NC(=O)CCCOc3ccc(Cl)cc3Cl)cc2)CC1. The van der Waals surface area contributed by atoms with E-state index in [0.717, 1.165) is 11.4 Å². The summed E-state index contributed by atoms with van der Waals surface area (Å²) in [5.41, 5.74) is 1.48.